The lowest BCUT2D eigenvalue weighted by Gasteiger charge is -2.32. The lowest BCUT2D eigenvalue weighted by atomic mass is 9.74. The quantitative estimate of drug-likeness (QED) is 0.600. The Labute approximate surface area is 181 Å². The number of benzene rings is 1. The van der Waals surface area contributed by atoms with Crippen molar-refractivity contribution in [2.75, 3.05) is 6.61 Å². The van der Waals surface area contributed by atoms with Gasteiger partial charge >= 0.3 is 0 Å². The number of ketones is 1. The number of nitrogens with two attached hydrogens (primary N) is 1. The molecule has 1 aromatic carbocycles. The highest BCUT2D eigenvalue weighted by Crippen LogP contribution is 2.44. The first-order valence-corrected chi connectivity index (χ1v) is 12.0. The summed E-state index contributed by atoms with van der Waals surface area (Å²) in [6.07, 6.45) is 1.84. The van der Waals surface area contributed by atoms with Gasteiger partial charge in [-0.2, -0.15) is 0 Å². The first-order valence-electron chi connectivity index (χ1n) is 10.0. The number of carbonyl (C=O) groups is 1. The Balaban J connectivity index is 2.39. The van der Waals surface area contributed by atoms with E-state index in [1.165, 1.54) is 10.4 Å². The van der Waals surface area contributed by atoms with Crippen LogP contribution in [0.5, 0.6) is 5.75 Å². The average molecular weight is 436 g/mol. The molecule has 0 fully saturated rings. The Morgan fingerprint density at radius 1 is 1.10 bits per heavy atom. The third-order valence-corrected chi connectivity index (χ3v) is 8.32. The predicted molar refractivity (Wildman–Crippen MR) is 122 cm³/mol. The third-order valence-electron chi connectivity index (χ3n) is 5.66. The second-order valence-corrected chi connectivity index (χ2v) is 10.9. The summed E-state index contributed by atoms with van der Waals surface area (Å²) >= 11 is 1.54. The molecule has 160 valence electrons. The number of carbonyl (C=O) groups excluding carboxylic acids is 1. The molecule has 0 spiro atoms. The number of hydrogen-bond acceptors (Lipinski definition) is 4. The number of hydrogen-bond donors (Lipinski definition) is 1. The molecule has 4 nitrogen and oxygen atoms in total. The van der Waals surface area contributed by atoms with Crippen LogP contribution in [0.15, 0.2) is 28.5 Å². The van der Waals surface area contributed by atoms with Crippen LogP contribution in [-0.4, -0.2) is 16.6 Å². The summed E-state index contributed by atoms with van der Waals surface area (Å²) in [4.78, 5) is 13.4. The zero-order valence-electron chi connectivity index (χ0n) is 18.5. The SMILES string of the molecule is CCC(CC)(c1ccc(OCC(=O)C(C)(C)C)c(C)c1)c1cc(C)c(S(N)=O)s1. The van der Waals surface area contributed by atoms with Crippen LogP contribution in [-0.2, 0) is 21.2 Å². The van der Waals surface area contributed by atoms with Crippen molar-refractivity contribution in [2.45, 2.75) is 70.9 Å². The van der Waals surface area contributed by atoms with Gasteiger partial charge in [0.1, 0.15) is 27.6 Å². The fourth-order valence-corrected chi connectivity index (χ4v) is 5.75. The lowest BCUT2D eigenvalue weighted by Crippen LogP contribution is -2.27. The van der Waals surface area contributed by atoms with Crippen LogP contribution in [0.3, 0.4) is 0 Å². The van der Waals surface area contributed by atoms with Gasteiger partial charge in [0.2, 0.25) is 0 Å². The summed E-state index contributed by atoms with van der Waals surface area (Å²) in [5, 5.41) is 5.66. The first kappa shape index (κ1) is 23.8. The van der Waals surface area contributed by atoms with Crippen molar-refractivity contribution in [3.05, 3.63) is 45.8 Å². The maximum Gasteiger partial charge on any atom is 0.175 e. The molecule has 2 aromatic rings. The van der Waals surface area contributed by atoms with Gasteiger partial charge in [-0.05, 0) is 55.5 Å². The molecule has 6 heteroatoms. The van der Waals surface area contributed by atoms with Crippen molar-refractivity contribution in [1.29, 1.82) is 0 Å². The Hall–Kier alpha value is -1.50. The van der Waals surface area contributed by atoms with E-state index in [0.29, 0.717) is 0 Å². The highest BCUT2D eigenvalue weighted by Gasteiger charge is 2.34. The molecule has 0 aliphatic heterocycles. The molecule has 0 aliphatic carbocycles. The number of ether oxygens (including phenoxy) is 1. The van der Waals surface area contributed by atoms with Crippen molar-refractivity contribution in [3.63, 3.8) is 0 Å². The highest BCUT2D eigenvalue weighted by molar-refractivity contribution is 7.85. The Morgan fingerprint density at radius 2 is 1.72 bits per heavy atom. The Morgan fingerprint density at radius 3 is 2.17 bits per heavy atom. The van der Waals surface area contributed by atoms with Crippen LogP contribution < -0.4 is 9.88 Å². The minimum atomic E-state index is -1.47. The maximum atomic E-state index is 12.2. The summed E-state index contributed by atoms with van der Waals surface area (Å²) < 4.78 is 18.4. The van der Waals surface area contributed by atoms with E-state index in [1.807, 2.05) is 40.7 Å². The van der Waals surface area contributed by atoms with Gasteiger partial charge in [0, 0.05) is 15.7 Å². The molecule has 1 aromatic heterocycles. The maximum absolute atomic E-state index is 12.2. The van der Waals surface area contributed by atoms with Crippen LogP contribution in [0, 0.1) is 19.3 Å². The topological polar surface area (TPSA) is 69.4 Å². The molecular formula is C23H33NO3S2. The second-order valence-electron chi connectivity index (χ2n) is 8.61. The van der Waals surface area contributed by atoms with Crippen molar-refractivity contribution in [2.24, 2.45) is 10.6 Å². The molecule has 0 saturated heterocycles. The van der Waals surface area contributed by atoms with Crippen molar-refractivity contribution >= 4 is 28.1 Å². The molecule has 2 N–H and O–H groups in total. The Kier molecular flexibility index (Phi) is 7.47. The fraction of sp³-hybridized carbons (Fsp3) is 0.522. The van der Waals surface area contributed by atoms with Crippen LogP contribution in [0.1, 0.15) is 69.0 Å². The summed E-state index contributed by atoms with van der Waals surface area (Å²) in [5.41, 5.74) is 2.61. The minimum absolute atomic E-state index is 0.0756. The number of Topliss-reactive ketones (excluding diaryl/α,β-unsaturated/α-hetero) is 1. The molecule has 0 aliphatic rings. The number of aryl methyl sites for hydroxylation is 2. The van der Waals surface area contributed by atoms with Gasteiger partial charge in [-0.3, -0.25) is 4.79 Å². The zero-order chi connectivity index (χ0) is 22.0. The lowest BCUT2D eigenvalue weighted by molar-refractivity contribution is -0.128. The van der Waals surface area contributed by atoms with Crippen LogP contribution in [0.25, 0.3) is 0 Å². The third kappa shape index (κ3) is 4.98. The molecule has 0 radical (unpaired) electrons. The monoisotopic (exact) mass is 435 g/mol. The van der Waals surface area contributed by atoms with E-state index >= 15 is 0 Å². The smallest absolute Gasteiger partial charge is 0.175 e. The first-order chi connectivity index (χ1) is 13.5. The van der Waals surface area contributed by atoms with Gasteiger partial charge in [-0.1, -0.05) is 46.8 Å². The predicted octanol–water partition coefficient (Wildman–Crippen LogP) is 5.45. The van der Waals surface area contributed by atoms with Gasteiger partial charge in [0.05, 0.1) is 0 Å². The summed E-state index contributed by atoms with van der Waals surface area (Å²) in [6.45, 7) is 14.1. The molecular weight excluding hydrogens is 402 g/mol. The second kappa shape index (κ2) is 9.11. The summed E-state index contributed by atoms with van der Waals surface area (Å²) in [5.74, 6) is 0.812. The van der Waals surface area contributed by atoms with Crippen molar-refractivity contribution < 1.29 is 13.7 Å². The van der Waals surface area contributed by atoms with Gasteiger partial charge < -0.3 is 4.74 Å². The zero-order valence-corrected chi connectivity index (χ0v) is 20.2. The summed E-state index contributed by atoms with van der Waals surface area (Å²) in [6, 6.07) is 8.33. The van der Waals surface area contributed by atoms with E-state index in [-0.39, 0.29) is 17.8 Å². The van der Waals surface area contributed by atoms with Crippen molar-refractivity contribution in [1.82, 2.24) is 0 Å². The average Bonchev–Trinajstić information content (AvgIpc) is 3.04. The van der Waals surface area contributed by atoms with E-state index in [9.17, 15) is 9.00 Å². The normalized spacial score (nSPS) is 13.4. The van der Waals surface area contributed by atoms with E-state index in [1.54, 1.807) is 11.3 Å². The van der Waals surface area contributed by atoms with E-state index in [4.69, 9.17) is 9.88 Å². The van der Waals surface area contributed by atoms with Gasteiger partial charge in [-0.25, -0.2) is 9.35 Å². The number of thiophene rings is 1. The van der Waals surface area contributed by atoms with Crippen LogP contribution >= 0.6 is 11.3 Å². The van der Waals surface area contributed by atoms with Gasteiger partial charge in [-0.15, -0.1) is 11.3 Å². The molecule has 0 saturated carbocycles. The minimum Gasteiger partial charge on any atom is -0.486 e. The molecule has 0 bridgehead atoms. The van der Waals surface area contributed by atoms with E-state index in [0.717, 1.165) is 33.9 Å². The van der Waals surface area contributed by atoms with Crippen molar-refractivity contribution in [3.8, 4) is 5.75 Å². The van der Waals surface area contributed by atoms with Gasteiger partial charge in [0.25, 0.3) is 0 Å². The molecule has 1 unspecified atom stereocenters. The standard InChI is InChI=1S/C23H33NO3S2/c1-8-23(9-2,20-13-16(4)21(28-20)29(24)26)17-10-11-18(15(3)12-17)27-14-19(25)22(5,6)7/h10-13H,8-9,14,24H2,1-7H3. The Bertz CT molecular complexity index is 905. The molecule has 0 amide bonds. The molecule has 29 heavy (non-hydrogen) atoms. The fourth-order valence-electron chi connectivity index (χ4n) is 3.52. The number of rotatable bonds is 8. The molecule has 1 heterocycles. The van der Waals surface area contributed by atoms with E-state index in [2.05, 4.69) is 32.0 Å². The molecule has 1 atom stereocenters. The summed E-state index contributed by atoms with van der Waals surface area (Å²) in [7, 11) is -1.47. The highest BCUT2D eigenvalue weighted by atomic mass is 32.2. The largest absolute Gasteiger partial charge is 0.486 e. The van der Waals surface area contributed by atoms with E-state index < -0.39 is 16.4 Å². The molecule has 2 rings (SSSR count). The van der Waals surface area contributed by atoms with Crippen LogP contribution in [0.4, 0.5) is 0 Å². The van der Waals surface area contributed by atoms with Crippen LogP contribution in [0.2, 0.25) is 0 Å². The van der Waals surface area contributed by atoms with Gasteiger partial charge in [0.15, 0.2) is 5.78 Å².